The van der Waals surface area contributed by atoms with Crippen LogP contribution in [-0.4, -0.2) is 5.78 Å². The molecule has 0 unspecified atom stereocenters. The van der Waals surface area contributed by atoms with Crippen molar-refractivity contribution in [3.05, 3.63) is 55.5 Å². The van der Waals surface area contributed by atoms with Gasteiger partial charge >= 0.3 is 0 Å². The van der Waals surface area contributed by atoms with E-state index in [9.17, 15) is 9.18 Å². The molecule has 2 rings (SSSR count). The lowest BCUT2D eigenvalue weighted by atomic mass is 10.1. The van der Waals surface area contributed by atoms with Crippen molar-refractivity contribution in [2.24, 2.45) is 0 Å². The summed E-state index contributed by atoms with van der Waals surface area (Å²) in [7, 11) is 0. The third-order valence-electron chi connectivity index (χ3n) is 2.88. The lowest BCUT2D eigenvalue weighted by molar-refractivity contribution is 0.104. The van der Waals surface area contributed by atoms with Gasteiger partial charge in [0, 0.05) is 10.4 Å². The number of halogens is 2. The Hall–Kier alpha value is -1.19. The SMILES string of the molecule is Cc1cc(C(=O)c2cc(C)c(C)s2)c(Cl)cc1F. The number of hydrogen-bond donors (Lipinski definition) is 0. The molecule has 0 radical (unpaired) electrons. The Morgan fingerprint density at radius 3 is 2.39 bits per heavy atom. The molecule has 0 atom stereocenters. The predicted octanol–water partition coefficient (Wildman–Crippen LogP) is 4.70. The number of hydrogen-bond acceptors (Lipinski definition) is 2. The average Bonchev–Trinajstić information content (AvgIpc) is 2.63. The Kier molecular flexibility index (Phi) is 3.55. The van der Waals surface area contributed by atoms with Gasteiger partial charge in [0.25, 0.3) is 0 Å². The topological polar surface area (TPSA) is 17.1 Å². The van der Waals surface area contributed by atoms with E-state index < -0.39 is 5.82 Å². The molecule has 4 heteroatoms. The minimum atomic E-state index is -0.393. The fraction of sp³-hybridized carbons (Fsp3) is 0.214. The van der Waals surface area contributed by atoms with Gasteiger partial charge in [-0.3, -0.25) is 4.79 Å². The van der Waals surface area contributed by atoms with E-state index in [0.29, 0.717) is 16.0 Å². The number of carbonyl (C=O) groups excluding carboxylic acids is 1. The van der Waals surface area contributed by atoms with E-state index in [4.69, 9.17) is 11.6 Å². The Morgan fingerprint density at radius 2 is 1.83 bits per heavy atom. The molecule has 1 heterocycles. The van der Waals surface area contributed by atoms with Crippen molar-refractivity contribution in [3.8, 4) is 0 Å². The minimum absolute atomic E-state index is 0.149. The van der Waals surface area contributed by atoms with Gasteiger partial charge in [0.2, 0.25) is 5.78 Å². The highest BCUT2D eigenvalue weighted by atomic mass is 35.5. The van der Waals surface area contributed by atoms with Crippen molar-refractivity contribution in [2.75, 3.05) is 0 Å². The molecule has 0 spiro atoms. The third-order valence-corrected chi connectivity index (χ3v) is 4.35. The monoisotopic (exact) mass is 282 g/mol. The maximum atomic E-state index is 13.3. The molecule has 0 aliphatic carbocycles. The van der Waals surface area contributed by atoms with Gasteiger partial charge in [-0.15, -0.1) is 11.3 Å². The molecule has 0 fully saturated rings. The number of carbonyl (C=O) groups is 1. The highest BCUT2D eigenvalue weighted by molar-refractivity contribution is 7.14. The Balaban J connectivity index is 2.49. The largest absolute Gasteiger partial charge is 0.288 e. The van der Waals surface area contributed by atoms with Crippen LogP contribution in [0.15, 0.2) is 18.2 Å². The van der Waals surface area contributed by atoms with Gasteiger partial charge in [0.05, 0.1) is 9.90 Å². The van der Waals surface area contributed by atoms with Crippen molar-refractivity contribution in [1.29, 1.82) is 0 Å². The highest BCUT2D eigenvalue weighted by Gasteiger charge is 2.17. The van der Waals surface area contributed by atoms with Crippen LogP contribution in [-0.2, 0) is 0 Å². The zero-order valence-electron chi connectivity index (χ0n) is 10.3. The molecule has 0 aliphatic rings. The van der Waals surface area contributed by atoms with Crippen LogP contribution in [0, 0.1) is 26.6 Å². The Morgan fingerprint density at radius 1 is 1.17 bits per heavy atom. The van der Waals surface area contributed by atoms with Gasteiger partial charge in [0.15, 0.2) is 0 Å². The number of ketones is 1. The molecule has 1 aromatic heterocycles. The number of aryl methyl sites for hydroxylation is 3. The molecule has 1 nitrogen and oxygen atoms in total. The van der Waals surface area contributed by atoms with Gasteiger partial charge < -0.3 is 0 Å². The Bertz CT molecular complexity index is 611. The predicted molar refractivity (Wildman–Crippen MR) is 73.4 cm³/mol. The van der Waals surface area contributed by atoms with E-state index >= 15 is 0 Å². The van der Waals surface area contributed by atoms with E-state index in [0.717, 1.165) is 10.4 Å². The van der Waals surface area contributed by atoms with E-state index in [-0.39, 0.29) is 10.8 Å². The number of rotatable bonds is 2. The molecule has 0 aliphatic heterocycles. The first-order valence-corrected chi connectivity index (χ1v) is 6.67. The standard InChI is InChI=1S/C14H12ClFOS/c1-7-5-13(18-9(7)3)14(17)10-4-8(2)12(16)6-11(10)15/h4-6H,1-3H3. The first-order chi connectivity index (χ1) is 8.40. The van der Waals surface area contributed by atoms with Crippen LogP contribution >= 0.6 is 22.9 Å². The second-order valence-electron chi connectivity index (χ2n) is 4.26. The van der Waals surface area contributed by atoms with Gasteiger partial charge in [-0.25, -0.2) is 4.39 Å². The summed E-state index contributed by atoms with van der Waals surface area (Å²) in [6, 6.07) is 4.54. The smallest absolute Gasteiger partial charge is 0.204 e. The van der Waals surface area contributed by atoms with E-state index in [1.54, 1.807) is 6.92 Å². The summed E-state index contributed by atoms with van der Waals surface area (Å²) in [5.41, 5.74) is 1.86. The van der Waals surface area contributed by atoms with Crippen molar-refractivity contribution < 1.29 is 9.18 Å². The summed E-state index contributed by atoms with van der Waals surface area (Å²) in [5, 5.41) is 0.159. The van der Waals surface area contributed by atoms with Crippen LogP contribution in [0.3, 0.4) is 0 Å². The highest BCUT2D eigenvalue weighted by Crippen LogP contribution is 2.27. The molecular formula is C14H12ClFOS. The van der Waals surface area contributed by atoms with Crippen LogP contribution in [0.4, 0.5) is 4.39 Å². The van der Waals surface area contributed by atoms with Crippen LogP contribution in [0.1, 0.15) is 31.2 Å². The second kappa shape index (κ2) is 4.82. The summed E-state index contributed by atoms with van der Waals surface area (Å²) < 4.78 is 13.3. The summed E-state index contributed by atoms with van der Waals surface area (Å²) in [4.78, 5) is 14.0. The van der Waals surface area contributed by atoms with Gasteiger partial charge in [0.1, 0.15) is 5.82 Å². The lowest BCUT2D eigenvalue weighted by Gasteiger charge is -2.04. The van der Waals surface area contributed by atoms with Crippen molar-refractivity contribution in [3.63, 3.8) is 0 Å². The van der Waals surface area contributed by atoms with Crippen molar-refractivity contribution >= 4 is 28.7 Å². The lowest BCUT2D eigenvalue weighted by Crippen LogP contribution is -2.01. The molecule has 0 saturated heterocycles. The van der Waals surface area contributed by atoms with Crippen molar-refractivity contribution in [1.82, 2.24) is 0 Å². The average molecular weight is 283 g/mol. The van der Waals surface area contributed by atoms with Gasteiger partial charge in [-0.05, 0) is 50.1 Å². The molecule has 0 amide bonds. The minimum Gasteiger partial charge on any atom is -0.288 e. The second-order valence-corrected chi connectivity index (χ2v) is 5.92. The summed E-state index contributed by atoms with van der Waals surface area (Å²) in [6.45, 7) is 5.54. The van der Waals surface area contributed by atoms with E-state index in [1.807, 2.05) is 19.9 Å². The molecule has 94 valence electrons. The maximum Gasteiger partial charge on any atom is 0.204 e. The van der Waals surface area contributed by atoms with E-state index in [1.165, 1.54) is 23.5 Å². The molecule has 0 N–H and O–H groups in total. The quantitative estimate of drug-likeness (QED) is 0.730. The zero-order valence-corrected chi connectivity index (χ0v) is 11.9. The van der Waals surface area contributed by atoms with E-state index in [2.05, 4.69) is 0 Å². The van der Waals surface area contributed by atoms with Gasteiger partial charge in [-0.1, -0.05) is 11.6 Å². The fourth-order valence-corrected chi connectivity index (χ4v) is 2.87. The van der Waals surface area contributed by atoms with Crippen LogP contribution in [0.25, 0.3) is 0 Å². The molecule has 0 bridgehead atoms. The summed E-state index contributed by atoms with van der Waals surface area (Å²) >= 11 is 7.37. The Labute approximate surface area is 114 Å². The third kappa shape index (κ3) is 2.33. The molecule has 2 aromatic rings. The molecule has 1 aromatic carbocycles. The number of thiophene rings is 1. The molecule has 18 heavy (non-hydrogen) atoms. The van der Waals surface area contributed by atoms with Crippen LogP contribution in [0.5, 0.6) is 0 Å². The normalized spacial score (nSPS) is 10.7. The van der Waals surface area contributed by atoms with Crippen molar-refractivity contribution in [2.45, 2.75) is 20.8 Å². The summed E-state index contributed by atoms with van der Waals surface area (Å²) in [6.07, 6.45) is 0. The maximum absolute atomic E-state index is 13.3. The first kappa shape index (κ1) is 13.2. The number of benzene rings is 1. The van der Waals surface area contributed by atoms with Crippen LogP contribution in [0.2, 0.25) is 5.02 Å². The first-order valence-electron chi connectivity index (χ1n) is 5.47. The summed E-state index contributed by atoms with van der Waals surface area (Å²) in [5.74, 6) is -0.542. The molecule has 0 saturated carbocycles. The molecular weight excluding hydrogens is 271 g/mol. The fourth-order valence-electron chi connectivity index (χ4n) is 1.65. The van der Waals surface area contributed by atoms with Gasteiger partial charge in [-0.2, -0.15) is 0 Å². The zero-order chi connectivity index (χ0) is 13.4. The van der Waals surface area contributed by atoms with Crippen LogP contribution < -0.4 is 0 Å².